The third-order valence-electron chi connectivity index (χ3n) is 4.96. The van der Waals surface area contributed by atoms with Crippen LogP contribution < -0.4 is 0 Å². The van der Waals surface area contributed by atoms with Gasteiger partial charge >= 0.3 is 0 Å². The van der Waals surface area contributed by atoms with E-state index in [0.717, 1.165) is 41.0 Å². The molecule has 0 bridgehead atoms. The van der Waals surface area contributed by atoms with E-state index in [1.807, 2.05) is 25.1 Å². The minimum absolute atomic E-state index is 0.127. The minimum atomic E-state index is -4.12. The number of hydrogen-bond acceptors (Lipinski definition) is 3. The topological polar surface area (TPSA) is 66.1 Å². The summed E-state index contributed by atoms with van der Waals surface area (Å²) in [5.74, 6) is -1.91. The van der Waals surface area contributed by atoms with Gasteiger partial charge in [-0.05, 0) is 49.6 Å². The minimum Gasteiger partial charge on any atom is -0.342 e. The van der Waals surface area contributed by atoms with Crippen LogP contribution in [0, 0.1) is 18.6 Å². The molecule has 0 aliphatic carbocycles. The van der Waals surface area contributed by atoms with Crippen molar-refractivity contribution in [1.29, 1.82) is 0 Å². The van der Waals surface area contributed by atoms with Crippen LogP contribution in [0.25, 0.3) is 11.0 Å². The predicted molar refractivity (Wildman–Crippen MR) is 97.9 cm³/mol. The lowest BCUT2D eigenvalue weighted by Crippen LogP contribution is -2.39. The van der Waals surface area contributed by atoms with E-state index < -0.39 is 26.6 Å². The summed E-state index contributed by atoms with van der Waals surface area (Å²) in [6.07, 6.45) is 1.40. The Labute approximate surface area is 156 Å². The second-order valence-electron chi connectivity index (χ2n) is 6.90. The Hall–Kier alpha value is -2.32. The highest BCUT2D eigenvalue weighted by Gasteiger charge is 2.34. The van der Waals surface area contributed by atoms with Crippen LogP contribution >= 0.6 is 0 Å². The number of rotatable bonds is 3. The molecule has 0 spiro atoms. The van der Waals surface area contributed by atoms with Crippen molar-refractivity contribution in [3.05, 3.63) is 59.4 Å². The average Bonchev–Trinajstić information content (AvgIpc) is 3.07. The Morgan fingerprint density at radius 1 is 1.22 bits per heavy atom. The highest BCUT2D eigenvalue weighted by molar-refractivity contribution is 7.89. The highest BCUT2D eigenvalue weighted by atomic mass is 32.2. The van der Waals surface area contributed by atoms with Gasteiger partial charge in [-0.25, -0.2) is 22.2 Å². The van der Waals surface area contributed by atoms with Gasteiger partial charge in [0.15, 0.2) is 11.6 Å². The first-order chi connectivity index (χ1) is 12.9. The number of fused-ring (bicyclic) bond motifs is 1. The molecule has 8 heteroatoms. The number of nitrogens with zero attached hydrogens (tertiary/aromatic N) is 2. The van der Waals surface area contributed by atoms with Gasteiger partial charge in [-0.3, -0.25) is 0 Å². The molecular formula is C19H19F2N3O2S. The molecule has 1 fully saturated rings. The fraction of sp³-hybridized carbons (Fsp3) is 0.316. The van der Waals surface area contributed by atoms with Crippen molar-refractivity contribution in [2.24, 2.45) is 0 Å². The molecule has 1 saturated heterocycles. The highest BCUT2D eigenvalue weighted by Crippen LogP contribution is 2.31. The Bertz CT molecular complexity index is 1110. The predicted octanol–water partition coefficient (Wildman–Crippen LogP) is 3.72. The third-order valence-corrected chi connectivity index (χ3v) is 6.84. The molecule has 27 heavy (non-hydrogen) atoms. The molecular weight excluding hydrogens is 372 g/mol. The maximum absolute atomic E-state index is 14.1. The molecule has 0 amide bonds. The molecule has 1 aromatic heterocycles. The Morgan fingerprint density at radius 3 is 2.85 bits per heavy atom. The van der Waals surface area contributed by atoms with Crippen molar-refractivity contribution in [2.45, 2.75) is 30.6 Å². The van der Waals surface area contributed by atoms with Crippen LogP contribution in [0.4, 0.5) is 8.78 Å². The van der Waals surface area contributed by atoms with Crippen LogP contribution in [0.5, 0.6) is 0 Å². The van der Waals surface area contributed by atoms with Crippen LogP contribution in [-0.4, -0.2) is 35.8 Å². The first-order valence-electron chi connectivity index (χ1n) is 8.76. The lowest BCUT2D eigenvalue weighted by Gasteiger charge is -2.31. The summed E-state index contributed by atoms with van der Waals surface area (Å²) in [4.78, 5) is 7.24. The smallest absolute Gasteiger partial charge is 0.246 e. The molecule has 1 aliphatic rings. The van der Waals surface area contributed by atoms with Crippen molar-refractivity contribution >= 4 is 21.1 Å². The lowest BCUT2D eigenvalue weighted by atomic mass is 9.99. The maximum Gasteiger partial charge on any atom is 0.246 e. The van der Waals surface area contributed by atoms with Gasteiger partial charge in [0.25, 0.3) is 0 Å². The zero-order chi connectivity index (χ0) is 19.2. The zero-order valence-electron chi connectivity index (χ0n) is 14.7. The molecule has 142 valence electrons. The molecule has 0 radical (unpaired) electrons. The fourth-order valence-corrected chi connectivity index (χ4v) is 5.14. The summed E-state index contributed by atoms with van der Waals surface area (Å²) in [7, 11) is -4.12. The Kier molecular flexibility index (Phi) is 4.47. The number of halogens is 2. The SMILES string of the molecule is Cc1ccc2nc(C3CCCN(S(=O)(=O)c4cccc(F)c4F)C3)[nH]c2c1. The molecule has 1 N–H and O–H groups in total. The maximum atomic E-state index is 14.1. The first-order valence-corrected chi connectivity index (χ1v) is 10.2. The summed E-state index contributed by atoms with van der Waals surface area (Å²) >= 11 is 0. The lowest BCUT2D eigenvalue weighted by molar-refractivity contribution is 0.308. The van der Waals surface area contributed by atoms with E-state index in [0.29, 0.717) is 6.42 Å². The van der Waals surface area contributed by atoms with Gasteiger partial charge in [-0.1, -0.05) is 12.1 Å². The van der Waals surface area contributed by atoms with Crippen molar-refractivity contribution in [2.75, 3.05) is 13.1 Å². The van der Waals surface area contributed by atoms with Gasteiger partial charge in [-0.15, -0.1) is 0 Å². The van der Waals surface area contributed by atoms with E-state index in [2.05, 4.69) is 9.97 Å². The normalized spacial score (nSPS) is 18.9. The molecule has 3 aromatic rings. The van der Waals surface area contributed by atoms with E-state index >= 15 is 0 Å². The number of imidazole rings is 1. The van der Waals surface area contributed by atoms with E-state index in [1.54, 1.807) is 0 Å². The van der Waals surface area contributed by atoms with Gasteiger partial charge in [0.05, 0.1) is 11.0 Å². The fourth-order valence-electron chi connectivity index (χ4n) is 3.54. The second kappa shape index (κ2) is 6.69. The van der Waals surface area contributed by atoms with Gasteiger partial charge in [0.2, 0.25) is 10.0 Å². The molecule has 0 saturated carbocycles. The molecule has 1 unspecified atom stereocenters. The molecule has 4 rings (SSSR count). The number of piperidine rings is 1. The summed E-state index contributed by atoms with van der Waals surface area (Å²) < 4.78 is 54.5. The van der Waals surface area contributed by atoms with Crippen molar-refractivity contribution in [3.8, 4) is 0 Å². The van der Waals surface area contributed by atoms with E-state index in [-0.39, 0.29) is 19.0 Å². The van der Waals surface area contributed by atoms with Crippen LogP contribution in [0.3, 0.4) is 0 Å². The quantitative estimate of drug-likeness (QED) is 0.740. The second-order valence-corrected chi connectivity index (χ2v) is 8.80. The van der Waals surface area contributed by atoms with Gasteiger partial charge in [-0.2, -0.15) is 4.31 Å². The molecule has 2 heterocycles. The van der Waals surface area contributed by atoms with E-state index in [1.165, 1.54) is 10.4 Å². The molecule has 1 atom stereocenters. The number of aryl methyl sites for hydroxylation is 1. The van der Waals surface area contributed by atoms with Crippen LogP contribution in [-0.2, 0) is 10.0 Å². The number of aromatic amines is 1. The summed E-state index contributed by atoms with van der Waals surface area (Å²) in [5.41, 5.74) is 2.83. The van der Waals surface area contributed by atoms with Crippen LogP contribution in [0.1, 0.15) is 30.1 Å². The number of sulfonamides is 1. The van der Waals surface area contributed by atoms with Crippen LogP contribution in [0.15, 0.2) is 41.3 Å². The zero-order valence-corrected chi connectivity index (χ0v) is 15.6. The van der Waals surface area contributed by atoms with Crippen molar-refractivity contribution < 1.29 is 17.2 Å². The largest absolute Gasteiger partial charge is 0.342 e. The number of hydrogen-bond donors (Lipinski definition) is 1. The van der Waals surface area contributed by atoms with Crippen LogP contribution in [0.2, 0.25) is 0 Å². The molecule has 2 aromatic carbocycles. The third kappa shape index (κ3) is 3.23. The summed E-state index contributed by atoms with van der Waals surface area (Å²) in [5, 5.41) is 0. The van der Waals surface area contributed by atoms with Crippen molar-refractivity contribution in [1.82, 2.24) is 14.3 Å². The monoisotopic (exact) mass is 391 g/mol. The number of benzene rings is 2. The summed E-state index contributed by atoms with van der Waals surface area (Å²) in [6.45, 7) is 2.44. The number of H-pyrrole nitrogens is 1. The first kappa shape index (κ1) is 18.1. The van der Waals surface area contributed by atoms with E-state index in [9.17, 15) is 17.2 Å². The van der Waals surface area contributed by atoms with Gasteiger partial charge < -0.3 is 4.98 Å². The number of nitrogens with one attached hydrogen (secondary N) is 1. The van der Waals surface area contributed by atoms with Gasteiger partial charge in [0.1, 0.15) is 10.7 Å². The molecule has 1 aliphatic heterocycles. The van der Waals surface area contributed by atoms with Gasteiger partial charge in [0, 0.05) is 19.0 Å². The Morgan fingerprint density at radius 2 is 2.04 bits per heavy atom. The average molecular weight is 391 g/mol. The number of aromatic nitrogens is 2. The molecule has 5 nitrogen and oxygen atoms in total. The van der Waals surface area contributed by atoms with E-state index in [4.69, 9.17) is 0 Å². The van der Waals surface area contributed by atoms with Crippen molar-refractivity contribution in [3.63, 3.8) is 0 Å². The summed E-state index contributed by atoms with van der Waals surface area (Å²) in [6, 6.07) is 9.09. The standard InChI is InChI=1S/C19H19F2N3O2S/c1-12-7-8-15-16(10-12)23-19(22-15)13-4-3-9-24(11-13)27(25,26)17-6-2-5-14(20)18(17)21/h2,5-8,10,13H,3-4,9,11H2,1H3,(H,22,23). The Balaban J connectivity index is 1.64.